The first-order valence-corrected chi connectivity index (χ1v) is 9.75. The minimum atomic E-state index is 0.313. The van der Waals surface area contributed by atoms with E-state index in [0.29, 0.717) is 12.7 Å². The van der Waals surface area contributed by atoms with Gasteiger partial charge in [0.15, 0.2) is 17.5 Å². The highest BCUT2D eigenvalue weighted by Gasteiger charge is 2.26. The number of hydrogen-bond acceptors (Lipinski definition) is 4. The van der Waals surface area contributed by atoms with Gasteiger partial charge in [-0.3, -0.25) is 4.99 Å². The molecular formula is C22H27N3O3. The number of aliphatic imine (C=N–C) groups is 1. The first kappa shape index (κ1) is 18.5. The lowest BCUT2D eigenvalue weighted by atomic mass is 9.98. The van der Waals surface area contributed by atoms with Crippen molar-refractivity contribution in [1.29, 1.82) is 0 Å². The number of rotatable bonds is 5. The molecular weight excluding hydrogens is 354 g/mol. The molecule has 0 saturated carbocycles. The van der Waals surface area contributed by atoms with Gasteiger partial charge in [0.2, 0.25) is 6.79 Å². The molecule has 0 aromatic heterocycles. The van der Waals surface area contributed by atoms with Crippen LogP contribution in [0.25, 0.3) is 0 Å². The number of nitrogens with one attached hydrogen (secondary N) is 1. The van der Waals surface area contributed by atoms with E-state index in [1.165, 1.54) is 11.1 Å². The van der Waals surface area contributed by atoms with Crippen molar-refractivity contribution in [2.24, 2.45) is 4.99 Å². The Kier molecular flexibility index (Phi) is 5.55. The minimum absolute atomic E-state index is 0.313. The van der Waals surface area contributed by atoms with Crippen molar-refractivity contribution in [2.45, 2.75) is 18.8 Å². The summed E-state index contributed by atoms with van der Waals surface area (Å²) in [6.45, 7) is 3.14. The molecule has 0 aliphatic carbocycles. The molecule has 2 aromatic rings. The van der Waals surface area contributed by atoms with Crippen LogP contribution in [0.5, 0.6) is 17.2 Å². The molecule has 2 aliphatic rings. The van der Waals surface area contributed by atoms with E-state index < -0.39 is 0 Å². The van der Waals surface area contributed by atoms with Crippen LogP contribution in [0.3, 0.4) is 0 Å². The van der Waals surface area contributed by atoms with E-state index >= 15 is 0 Å². The topological polar surface area (TPSA) is 55.3 Å². The third kappa shape index (κ3) is 4.01. The number of fused-ring (bicyclic) bond motifs is 1. The predicted molar refractivity (Wildman–Crippen MR) is 110 cm³/mol. The molecule has 28 heavy (non-hydrogen) atoms. The number of benzene rings is 2. The Labute approximate surface area is 166 Å². The van der Waals surface area contributed by atoms with E-state index in [0.717, 1.165) is 55.7 Å². The van der Waals surface area contributed by atoms with E-state index in [4.69, 9.17) is 14.2 Å². The van der Waals surface area contributed by atoms with Crippen LogP contribution in [0.1, 0.15) is 23.5 Å². The van der Waals surface area contributed by atoms with Gasteiger partial charge in [-0.2, -0.15) is 0 Å². The van der Waals surface area contributed by atoms with Gasteiger partial charge in [-0.15, -0.1) is 0 Å². The molecule has 1 atom stereocenters. The summed E-state index contributed by atoms with van der Waals surface area (Å²) in [4.78, 5) is 6.82. The minimum Gasteiger partial charge on any atom is -0.497 e. The number of methoxy groups -OCH3 is 1. The lowest BCUT2D eigenvalue weighted by molar-refractivity contribution is 0.174. The summed E-state index contributed by atoms with van der Waals surface area (Å²) in [5.74, 6) is 4.06. The van der Waals surface area contributed by atoms with Crippen LogP contribution in [0.2, 0.25) is 0 Å². The second-order valence-corrected chi connectivity index (χ2v) is 7.12. The maximum absolute atomic E-state index is 5.45. The summed E-state index contributed by atoms with van der Waals surface area (Å²) in [6, 6.07) is 14.5. The van der Waals surface area contributed by atoms with Crippen LogP contribution >= 0.6 is 0 Å². The molecule has 1 N–H and O–H groups in total. The molecule has 4 rings (SSSR count). The second-order valence-electron chi connectivity index (χ2n) is 7.12. The Bertz CT molecular complexity index is 835. The van der Waals surface area contributed by atoms with Crippen LogP contribution in [0, 0.1) is 0 Å². The molecule has 2 aliphatic heterocycles. The summed E-state index contributed by atoms with van der Waals surface area (Å²) >= 11 is 0. The van der Waals surface area contributed by atoms with Gasteiger partial charge in [-0.05, 0) is 48.2 Å². The van der Waals surface area contributed by atoms with Crippen LogP contribution in [0.4, 0.5) is 0 Å². The van der Waals surface area contributed by atoms with Crippen molar-refractivity contribution in [2.75, 3.05) is 40.6 Å². The highest BCUT2D eigenvalue weighted by molar-refractivity contribution is 5.80. The smallest absolute Gasteiger partial charge is 0.231 e. The van der Waals surface area contributed by atoms with Crippen molar-refractivity contribution >= 4 is 5.96 Å². The largest absolute Gasteiger partial charge is 0.497 e. The molecule has 6 nitrogen and oxygen atoms in total. The molecule has 6 heteroatoms. The number of likely N-dealkylation sites (tertiary alicyclic amines) is 1. The van der Waals surface area contributed by atoms with Crippen molar-refractivity contribution in [3.05, 3.63) is 53.6 Å². The second kappa shape index (κ2) is 8.42. The van der Waals surface area contributed by atoms with Gasteiger partial charge in [0, 0.05) is 32.6 Å². The summed E-state index contributed by atoms with van der Waals surface area (Å²) in [6.07, 6.45) is 2.04. The molecule has 1 saturated heterocycles. The van der Waals surface area contributed by atoms with E-state index in [9.17, 15) is 0 Å². The van der Waals surface area contributed by atoms with Gasteiger partial charge in [-0.1, -0.05) is 18.2 Å². The first-order chi connectivity index (χ1) is 13.8. The summed E-state index contributed by atoms with van der Waals surface area (Å²) in [7, 11) is 3.55. The molecule has 148 valence electrons. The monoisotopic (exact) mass is 381 g/mol. The first-order valence-electron chi connectivity index (χ1n) is 9.75. The van der Waals surface area contributed by atoms with Crippen molar-refractivity contribution < 1.29 is 14.2 Å². The van der Waals surface area contributed by atoms with Crippen molar-refractivity contribution in [3.63, 3.8) is 0 Å². The highest BCUT2D eigenvalue weighted by Crippen LogP contribution is 2.32. The number of ether oxygens (including phenoxy) is 3. The Balaban J connectivity index is 1.29. The SMILES string of the molecule is CN=C(NCCc1ccc2c(c1)OCO2)N1CCC(c2ccc(OC)cc2)C1. The predicted octanol–water partition coefficient (Wildman–Crippen LogP) is 3.03. The zero-order valence-electron chi connectivity index (χ0n) is 16.5. The molecule has 2 heterocycles. The molecule has 0 amide bonds. The average Bonchev–Trinajstić information content (AvgIpc) is 3.40. The maximum Gasteiger partial charge on any atom is 0.231 e. The molecule has 1 unspecified atom stereocenters. The molecule has 0 radical (unpaired) electrons. The van der Waals surface area contributed by atoms with Crippen LogP contribution in [-0.4, -0.2) is 51.4 Å². The van der Waals surface area contributed by atoms with Gasteiger partial charge in [-0.25, -0.2) is 0 Å². The molecule has 0 spiro atoms. The number of nitrogens with zero attached hydrogens (tertiary/aromatic N) is 2. The lowest BCUT2D eigenvalue weighted by Gasteiger charge is -2.22. The van der Waals surface area contributed by atoms with Gasteiger partial charge in [0.25, 0.3) is 0 Å². The van der Waals surface area contributed by atoms with Gasteiger partial charge >= 0.3 is 0 Å². The fraction of sp³-hybridized carbons (Fsp3) is 0.409. The Hall–Kier alpha value is -2.89. The lowest BCUT2D eigenvalue weighted by Crippen LogP contribution is -2.40. The molecule has 2 aromatic carbocycles. The third-order valence-electron chi connectivity index (χ3n) is 5.42. The van der Waals surface area contributed by atoms with E-state index in [1.54, 1.807) is 7.11 Å². The van der Waals surface area contributed by atoms with E-state index in [1.807, 2.05) is 25.2 Å². The van der Waals surface area contributed by atoms with Crippen LogP contribution < -0.4 is 19.5 Å². The standard InChI is InChI=1S/C22H27N3O3/c1-23-22(24-11-9-16-3-8-20-21(13-16)28-15-27-20)25-12-10-18(14-25)17-4-6-19(26-2)7-5-17/h3-8,13,18H,9-12,14-15H2,1-2H3,(H,23,24). The number of guanidine groups is 1. The Morgan fingerprint density at radius 3 is 2.79 bits per heavy atom. The summed E-state index contributed by atoms with van der Waals surface area (Å²) in [5, 5.41) is 3.50. The normalized spacial score (nSPS) is 18.4. The van der Waals surface area contributed by atoms with E-state index in [-0.39, 0.29) is 0 Å². The number of hydrogen-bond donors (Lipinski definition) is 1. The fourth-order valence-electron chi connectivity index (χ4n) is 3.85. The molecule has 1 fully saturated rings. The van der Waals surface area contributed by atoms with E-state index in [2.05, 4.69) is 39.5 Å². The van der Waals surface area contributed by atoms with Crippen molar-refractivity contribution in [3.8, 4) is 17.2 Å². The van der Waals surface area contributed by atoms with Crippen LogP contribution in [-0.2, 0) is 6.42 Å². The zero-order chi connectivity index (χ0) is 19.3. The quantitative estimate of drug-likeness (QED) is 0.637. The third-order valence-corrected chi connectivity index (χ3v) is 5.42. The van der Waals surface area contributed by atoms with Gasteiger partial charge in [0.1, 0.15) is 5.75 Å². The van der Waals surface area contributed by atoms with Crippen LogP contribution in [0.15, 0.2) is 47.5 Å². The zero-order valence-corrected chi connectivity index (χ0v) is 16.5. The summed E-state index contributed by atoms with van der Waals surface area (Å²) < 4.78 is 16.1. The maximum atomic E-state index is 5.45. The Morgan fingerprint density at radius 1 is 1.18 bits per heavy atom. The average molecular weight is 381 g/mol. The van der Waals surface area contributed by atoms with Gasteiger partial charge < -0.3 is 24.4 Å². The highest BCUT2D eigenvalue weighted by atomic mass is 16.7. The van der Waals surface area contributed by atoms with Crippen molar-refractivity contribution in [1.82, 2.24) is 10.2 Å². The summed E-state index contributed by atoms with van der Waals surface area (Å²) in [5.41, 5.74) is 2.59. The van der Waals surface area contributed by atoms with Gasteiger partial charge in [0.05, 0.1) is 7.11 Å². The molecule has 0 bridgehead atoms. The Morgan fingerprint density at radius 2 is 2.00 bits per heavy atom. The fourth-order valence-corrected chi connectivity index (χ4v) is 3.85.